The van der Waals surface area contributed by atoms with E-state index in [-0.39, 0.29) is 28.9 Å². The Kier molecular flexibility index (Phi) is 5.78. The summed E-state index contributed by atoms with van der Waals surface area (Å²) in [5, 5.41) is 2.90. The van der Waals surface area contributed by atoms with Crippen LogP contribution in [0.25, 0.3) is 10.9 Å². The van der Waals surface area contributed by atoms with Crippen LogP contribution in [-0.2, 0) is 11.2 Å². The fraction of sp³-hybridized carbons (Fsp3) is 0.273. The molecule has 0 aliphatic rings. The van der Waals surface area contributed by atoms with Gasteiger partial charge in [-0.3, -0.25) is 4.79 Å². The van der Waals surface area contributed by atoms with E-state index in [1.807, 2.05) is 0 Å². The molecule has 1 heterocycles. The van der Waals surface area contributed by atoms with Crippen LogP contribution in [0.15, 0.2) is 48.5 Å². The van der Waals surface area contributed by atoms with Crippen LogP contribution in [-0.4, -0.2) is 17.1 Å². The highest BCUT2D eigenvalue weighted by Crippen LogP contribution is 2.38. The maximum absolute atomic E-state index is 13.9. The van der Waals surface area contributed by atoms with Crippen LogP contribution in [0.5, 0.6) is 0 Å². The second-order valence-corrected chi connectivity index (χ2v) is 7.55. The fourth-order valence-corrected chi connectivity index (χ4v) is 3.42. The third-order valence-electron chi connectivity index (χ3n) is 4.86. The predicted molar refractivity (Wildman–Crippen MR) is 104 cm³/mol. The van der Waals surface area contributed by atoms with Gasteiger partial charge < -0.3 is 5.32 Å². The molecule has 0 saturated heterocycles. The van der Waals surface area contributed by atoms with E-state index in [0.29, 0.717) is 5.39 Å². The van der Waals surface area contributed by atoms with Gasteiger partial charge in [-0.1, -0.05) is 31.2 Å². The van der Waals surface area contributed by atoms with Crippen LogP contribution in [0.1, 0.15) is 24.6 Å². The highest BCUT2D eigenvalue weighted by Gasteiger charge is 2.44. The number of carbonyl (C=O) groups excluding carboxylic acids is 1. The van der Waals surface area contributed by atoms with Gasteiger partial charge in [-0.05, 0) is 43.2 Å². The number of fused-ring (bicyclic) bond motifs is 1. The molecule has 8 heteroatoms. The zero-order chi connectivity index (χ0) is 22.1. The van der Waals surface area contributed by atoms with E-state index in [1.54, 1.807) is 6.07 Å². The largest absolute Gasteiger partial charge is 0.390 e. The number of anilines is 1. The molecule has 0 bridgehead atoms. The summed E-state index contributed by atoms with van der Waals surface area (Å²) in [6.07, 6.45) is -6.32. The minimum atomic E-state index is -4.61. The molecule has 158 valence electrons. The van der Waals surface area contributed by atoms with Crippen molar-refractivity contribution in [1.29, 1.82) is 0 Å². The van der Waals surface area contributed by atoms with Crippen molar-refractivity contribution in [2.75, 3.05) is 5.32 Å². The summed E-state index contributed by atoms with van der Waals surface area (Å²) < 4.78 is 67.2. The van der Waals surface area contributed by atoms with Crippen LogP contribution >= 0.6 is 0 Å². The molecule has 0 aliphatic carbocycles. The summed E-state index contributed by atoms with van der Waals surface area (Å²) in [6, 6.07) is 10.9. The Morgan fingerprint density at radius 3 is 2.43 bits per heavy atom. The van der Waals surface area contributed by atoms with Gasteiger partial charge in [0.2, 0.25) is 5.91 Å². The van der Waals surface area contributed by atoms with Crippen molar-refractivity contribution in [2.45, 2.75) is 32.9 Å². The topological polar surface area (TPSA) is 42.0 Å². The van der Waals surface area contributed by atoms with Crippen LogP contribution in [0.2, 0.25) is 0 Å². The van der Waals surface area contributed by atoms with Crippen molar-refractivity contribution in [3.63, 3.8) is 0 Å². The van der Waals surface area contributed by atoms with Crippen molar-refractivity contribution in [3.8, 4) is 0 Å². The first-order valence-corrected chi connectivity index (χ1v) is 9.15. The first kappa shape index (κ1) is 21.7. The van der Waals surface area contributed by atoms with Gasteiger partial charge in [-0.2, -0.15) is 13.2 Å². The number of hydrogen-bond acceptors (Lipinski definition) is 2. The van der Waals surface area contributed by atoms with Gasteiger partial charge in [-0.25, -0.2) is 13.8 Å². The van der Waals surface area contributed by atoms with Gasteiger partial charge in [0.1, 0.15) is 17.2 Å². The summed E-state index contributed by atoms with van der Waals surface area (Å²) >= 11 is 0. The Morgan fingerprint density at radius 1 is 1.07 bits per heavy atom. The van der Waals surface area contributed by atoms with Crippen LogP contribution in [0.4, 0.5) is 27.6 Å². The van der Waals surface area contributed by atoms with Gasteiger partial charge >= 0.3 is 6.18 Å². The molecule has 1 N–H and O–H groups in total. The van der Waals surface area contributed by atoms with Crippen LogP contribution in [0, 0.1) is 24.0 Å². The van der Waals surface area contributed by atoms with Crippen molar-refractivity contribution in [2.24, 2.45) is 5.41 Å². The molecule has 0 aliphatic heterocycles. The lowest BCUT2D eigenvalue weighted by Crippen LogP contribution is -2.39. The number of amides is 1. The summed E-state index contributed by atoms with van der Waals surface area (Å²) in [6.45, 7) is 2.71. The van der Waals surface area contributed by atoms with E-state index in [1.165, 1.54) is 50.2 Å². The van der Waals surface area contributed by atoms with E-state index in [9.17, 15) is 26.7 Å². The van der Waals surface area contributed by atoms with Gasteiger partial charge in [0, 0.05) is 5.39 Å². The number of rotatable bonds is 5. The third-order valence-corrected chi connectivity index (χ3v) is 4.86. The molecule has 1 unspecified atom stereocenters. The Bertz CT molecular complexity index is 1100. The van der Waals surface area contributed by atoms with E-state index in [2.05, 4.69) is 10.3 Å². The number of aryl methyl sites for hydroxylation is 1. The number of benzene rings is 2. The quantitative estimate of drug-likeness (QED) is 0.516. The lowest BCUT2D eigenvalue weighted by atomic mass is 9.79. The summed E-state index contributed by atoms with van der Waals surface area (Å²) in [4.78, 5) is 17.1. The molecular formula is C22H19F5N2O. The highest BCUT2D eigenvalue weighted by atomic mass is 19.4. The lowest BCUT2D eigenvalue weighted by molar-refractivity contribution is -0.164. The summed E-state index contributed by atoms with van der Waals surface area (Å²) in [5.74, 6) is -2.02. The van der Waals surface area contributed by atoms with Gasteiger partial charge in [0.05, 0.1) is 23.2 Å². The number of nitrogens with zero attached hydrogens (tertiary/aromatic N) is 1. The monoisotopic (exact) mass is 422 g/mol. The van der Waals surface area contributed by atoms with Gasteiger partial charge in [0.25, 0.3) is 0 Å². The average molecular weight is 422 g/mol. The first-order valence-electron chi connectivity index (χ1n) is 9.15. The number of hydrogen-bond donors (Lipinski definition) is 1. The van der Waals surface area contributed by atoms with Crippen molar-refractivity contribution in [3.05, 3.63) is 71.4 Å². The van der Waals surface area contributed by atoms with Crippen molar-refractivity contribution in [1.82, 2.24) is 4.98 Å². The number of carbonyl (C=O) groups is 1. The molecule has 0 radical (unpaired) electrons. The molecule has 0 saturated carbocycles. The molecule has 0 spiro atoms. The van der Waals surface area contributed by atoms with E-state index < -0.39 is 35.6 Å². The zero-order valence-electron chi connectivity index (χ0n) is 16.3. The third kappa shape index (κ3) is 4.93. The minimum absolute atomic E-state index is 0.103. The number of nitrogens with one attached hydrogen (secondary N) is 1. The van der Waals surface area contributed by atoms with E-state index >= 15 is 0 Å². The standard InChI is InChI=1S/C22H19F5N2O/c1-13-18(10-15-6-4-8-17(24)19(15)28-13)29-20(30)21(2,12-22(25,26)27)11-14-5-3-7-16(23)9-14/h3-10H,11-12H2,1-2H3,(H,29,30). The fourth-order valence-electron chi connectivity index (χ4n) is 3.42. The Labute approximate surface area is 169 Å². The molecular weight excluding hydrogens is 403 g/mol. The van der Waals surface area contributed by atoms with Crippen LogP contribution in [0.3, 0.4) is 0 Å². The summed E-state index contributed by atoms with van der Waals surface area (Å²) in [7, 11) is 0. The molecule has 3 rings (SSSR count). The predicted octanol–water partition coefficient (Wildman–Crippen LogP) is 5.96. The Hall–Kier alpha value is -3.03. The Morgan fingerprint density at radius 2 is 1.77 bits per heavy atom. The number of aromatic nitrogens is 1. The molecule has 2 aromatic carbocycles. The number of halogens is 5. The SMILES string of the molecule is Cc1nc2c(F)cccc2cc1NC(=O)C(C)(Cc1cccc(F)c1)CC(F)(F)F. The van der Waals surface area contributed by atoms with Crippen molar-refractivity contribution >= 4 is 22.5 Å². The van der Waals surface area contributed by atoms with Gasteiger partial charge in [-0.15, -0.1) is 0 Å². The smallest absolute Gasteiger partial charge is 0.324 e. The van der Waals surface area contributed by atoms with E-state index in [0.717, 1.165) is 6.07 Å². The highest BCUT2D eigenvalue weighted by molar-refractivity contribution is 5.97. The minimum Gasteiger partial charge on any atom is -0.324 e. The van der Waals surface area contributed by atoms with Gasteiger partial charge in [0.15, 0.2) is 0 Å². The second kappa shape index (κ2) is 8.01. The summed E-state index contributed by atoms with van der Waals surface area (Å²) in [5.41, 5.74) is -1.07. The molecule has 1 atom stereocenters. The molecule has 3 aromatic rings. The zero-order valence-corrected chi connectivity index (χ0v) is 16.3. The molecule has 0 fully saturated rings. The maximum Gasteiger partial charge on any atom is 0.390 e. The normalized spacial score (nSPS) is 13.8. The first-order chi connectivity index (χ1) is 14.0. The maximum atomic E-state index is 13.9. The van der Waals surface area contributed by atoms with E-state index in [4.69, 9.17) is 0 Å². The number of alkyl halides is 3. The molecule has 1 aromatic heterocycles. The second-order valence-electron chi connectivity index (χ2n) is 7.55. The molecule has 1 amide bonds. The van der Waals surface area contributed by atoms with Crippen molar-refractivity contribution < 1.29 is 26.7 Å². The number of pyridine rings is 1. The van der Waals surface area contributed by atoms with Crippen LogP contribution < -0.4 is 5.32 Å². The molecule has 30 heavy (non-hydrogen) atoms. The lowest BCUT2D eigenvalue weighted by Gasteiger charge is -2.30. The number of para-hydroxylation sites is 1. The molecule has 3 nitrogen and oxygen atoms in total. The average Bonchev–Trinajstić information content (AvgIpc) is 2.61. The Balaban J connectivity index is 1.95.